The van der Waals surface area contributed by atoms with Crippen LogP contribution in [0, 0.1) is 5.92 Å². The summed E-state index contributed by atoms with van der Waals surface area (Å²) in [7, 11) is 0. The molecule has 1 aromatic rings. The highest BCUT2D eigenvalue weighted by molar-refractivity contribution is 9.10. The number of carbonyl (C=O) groups is 1. The van der Waals surface area contributed by atoms with Crippen LogP contribution < -0.4 is 15.5 Å². The highest BCUT2D eigenvalue weighted by Gasteiger charge is 2.21. The molecule has 0 bridgehead atoms. The van der Waals surface area contributed by atoms with Crippen molar-refractivity contribution in [1.82, 2.24) is 10.6 Å². The first-order valence-electron chi connectivity index (χ1n) is 8.33. The lowest BCUT2D eigenvalue weighted by molar-refractivity contribution is -0.125. The van der Waals surface area contributed by atoms with E-state index < -0.39 is 0 Å². The topological polar surface area (TPSA) is 53.6 Å². The molecule has 2 saturated heterocycles. The minimum atomic E-state index is 0.151. The molecule has 0 spiro atoms. The van der Waals surface area contributed by atoms with Crippen molar-refractivity contribution in [2.24, 2.45) is 5.92 Å². The lowest BCUT2D eigenvalue weighted by atomic mass is 9.97. The summed E-state index contributed by atoms with van der Waals surface area (Å²) < 4.78 is 6.50. The molecule has 0 radical (unpaired) electrons. The van der Waals surface area contributed by atoms with Crippen molar-refractivity contribution in [3.8, 4) is 0 Å². The maximum absolute atomic E-state index is 12.3. The Bertz CT molecular complexity index is 541. The van der Waals surface area contributed by atoms with Crippen LogP contribution in [0.4, 0.5) is 5.69 Å². The molecule has 2 aliphatic heterocycles. The van der Waals surface area contributed by atoms with Crippen molar-refractivity contribution in [2.75, 3.05) is 44.3 Å². The van der Waals surface area contributed by atoms with Gasteiger partial charge in [0.15, 0.2) is 0 Å². The number of ether oxygens (including phenoxy) is 1. The van der Waals surface area contributed by atoms with Crippen LogP contribution in [0.5, 0.6) is 0 Å². The normalized spacial score (nSPS) is 19.6. The first-order valence-corrected chi connectivity index (χ1v) is 9.13. The summed E-state index contributed by atoms with van der Waals surface area (Å²) >= 11 is 3.55. The Morgan fingerprint density at radius 1 is 1.30 bits per heavy atom. The molecule has 2 N–H and O–H groups in total. The zero-order valence-corrected chi connectivity index (χ0v) is 14.9. The number of piperidine rings is 1. The molecule has 3 rings (SSSR count). The van der Waals surface area contributed by atoms with Gasteiger partial charge >= 0.3 is 0 Å². The Morgan fingerprint density at radius 3 is 2.78 bits per heavy atom. The van der Waals surface area contributed by atoms with Crippen LogP contribution in [-0.4, -0.2) is 45.3 Å². The largest absolute Gasteiger partial charge is 0.378 e. The van der Waals surface area contributed by atoms with E-state index in [0.717, 1.165) is 62.3 Å². The van der Waals surface area contributed by atoms with Crippen LogP contribution in [0.25, 0.3) is 0 Å². The third-order valence-corrected chi connectivity index (χ3v) is 5.06. The Labute approximate surface area is 145 Å². The lowest BCUT2D eigenvalue weighted by Crippen LogP contribution is -2.39. The Kier molecular flexibility index (Phi) is 5.91. The number of carbonyl (C=O) groups excluding carboxylic acids is 1. The predicted octanol–water partition coefficient (Wildman–Crippen LogP) is 1.90. The van der Waals surface area contributed by atoms with E-state index in [-0.39, 0.29) is 11.8 Å². The minimum absolute atomic E-state index is 0.151. The molecule has 23 heavy (non-hydrogen) atoms. The van der Waals surface area contributed by atoms with E-state index in [1.807, 2.05) is 6.07 Å². The maximum Gasteiger partial charge on any atom is 0.223 e. The SMILES string of the molecule is O=C(NCc1ccc(Br)cc1N1CCOCC1)C1CCNCC1. The quantitative estimate of drug-likeness (QED) is 0.836. The van der Waals surface area contributed by atoms with Crippen LogP contribution in [0.15, 0.2) is 22.7 Å². The van der Waals surface area contributed by atoms with Gasteiger partial charge in [-0.3, -0.25) is 4.79 Å². The van der Waals surface area contributed by atoms with Gasteiger partial charge in [-0.25, -0.2) is 0 Å². The maximum atomic E-state index is 12.3. The molecule has 6 heteroatoms. The van der Waals surface area contributed by atoms with Crippen LogP contribution in [-0.2, 0) is 16.1 Å². The number of halogens is 1. The first kappa shape index (κ1) is 16.7. The van der Waals surface area contributed by atoms with Crippen molar-refractivity contribution in [3.63, 3.8) is 0 Å². The van der Waals surface area contributed by atoms with Crippen LogP contribution in [0.1, 0.15) is 18.4 Å². The Morgan fingerprint density at radius 2 is 2.04 bits per heavy atom. The van der Waals surface area contributed by atoms with Gasteiger partial charge in [-0.2, -0.15) is 0 Å². The highest BCUT2D eigenvalue weighted by Crippen LogP contribution is 2.26. The van der Waals surface area contributed by atoms with Gasteiger partial charge in [-0.15, -0.1) is 0 Å². The van der Waals surface area contributed by atoms with E-state index in [2.05, 4.69) is 43.6 Å². The summed E-state index contributed by atoms with van der Waals surface area (Å²) in [6.07, 6.45) is 1.87. The number of rotatable bonds is 4. The third kappa shape index (κ3) is 4.46. The molecule has 0 aliphatic carbocycles. The van der Waals surface area contributed by atoms with Crippen molar-refractivity contribution >= 4 is 27.5 Å². The third-order valence-electron chi connectivity index (χ3n) is 4.56. The zero-order chi connectivity index (χ0) is 16.1. The number of nitrogens with one attached hydrogen (secondary N) is 2. The second-order valence-corrected chi connectivity index (χ2v) is 7.03. The van der Waals surface area contributed by atoms with Crippen molar-refractivity contribution in [2.45, 2.75) is 19.4 Å². The zero-order valence-electron chi connectivity index (χ0n) is 13.3. The number of morpholine rings is 1. The molecule has 1 aromatic carbocycles. The van der Waals surface area contributed by atoms with Gasteiger partial charge in [0.2, 0.25) is 5.91 Å². The molecule has 0 unspecified atom stereocenters. The molecule has 0 aromatic heterocycles. The molecule has 2 aliphatic rings. The number of anilines is 1. The van der Waals surface area contributed by atoms with Crippen LogP contribution in [0.2, 0.25) is 0 Å². The van der Waals surface area contributed by atoms with E-state index in [1.165, 1.54) is 5.69 Å². The summed E-state index contributed by atoms with van der Waals surface area (Å²) in [5.41, 5.74) is 2.35. The van der Waals surface area contributed by atoms with Gasteiger partial charge in [0, 0.05) is 35.7 Å². The molecule has 126 valence electrons. The number of benzene rings is 1. The van der Waals surface area contributed by atoms with Crippen molar-refractivity contribution in [3.05, 3.63) is 28.2 Å². The summed E-state index contributed by atoms with van der Waals surface area (Å²) in [5.74, 6) is 0.334. The Balaban J connectivity index is 1.65. The van der Waals surface area contributed by atoms with Gasteiger partial charge in [0.05, 0.1) is 13.2 Å². The van der Waals surface area contributed by atoms with E-state index in [1.54, 1.807) is 0 Å². The van der Waals surface area contributed by atoms with Gasteiger partial charge in [-0.05, 0) is 43.6 Å². The van der Waals surface area contributed by atoms with Crippen molar-refractivity contribution in [1.29, 1.82) is 0 Å². The fourth-order valence-electron chi connectivity index (χ4n) is 3.20. The fourth-order valence-corrected chi connectivity index (χ4v) is 3.54. The monoisotopic (exact) mass is 381 g/mol. The smallest absolute Gasteiger partial charge is 0.223 e. The number of amides is 1. The lowest BCUT2D eigenvalue weighted by Gasteiger charge is -2.31. The van der Waals surface area contributed by atoms with Gasteiger partial charge in [-0.1, -0.05) is 22.0 Å². The molecule has 5 nitrogen and oxygen atoms in total. The molecule has 0 saturated carbocycles. The van der Waals surface area contributed by atoms with Crippen LogP contribution >= 0.6 is 15.9 Å². The second-order valence-electron chi connectivity index (χ2n) is 6.11. The average molecular weight is 382 g/mol. The van der Waals surface area contributed by atoms with E-state index in [0.29, 0.717) is 6.54 Å². The van der Waals surface area contributed by atoms with Gasteiger partial charge in [0.25, 0.3) is 0 Å². The molecular weight excluding hydrogens is 358 g/mol. The van der Waals surface area contributed by atoms with E-state index >= 15 is 0 Å². The average Bonchev–Trinajstić information content (AvgIpc) is 2.62. The summed E-state index contributed by atoms with van der Waals surface area (Å²) in [4.78, 5) is 14.7. The molecule has 0 atom stereocenters. The second kappa shape index (κ2) is 8.13. The molecule has 2 fully saturated rings. The minimum Gasteiger partial charge on any atom is -0.378 e. The number of hydrogen-bond acceptors (Lipinski definition) is 4. The molecular formula is C17H24BrN3O2. The van der Waals surface area contributed by atoms with E-state index in [9.17, 15) is 4.79 Å². The van der Waals surface area contributed by atoms with Gasteiger partial charge < -0.3 is 20.3 Å². The first-order chi connectivity index (χ1) is 11.2. The number of nitrogens with zero attached hydrogens (tertiary/aromatic N) is 1. The highest BCUT2D eigenvalue weighted by atomic mass is 79.9. The standard InChI is InChI=1S/C17H24BrN3O2/c18-15-2-1-14(16(11-15)21-7-9-23-10-8-21)12-20-17(22)13-3-5-19-6-4-13/h1-2,11,13,19H,3-10,12H2,(H,20,22). The van der Waals surface area contributed by atoms with Gasteiger partial charge in [0.1, 0.15) is 0 Å². The van der Waals surface area contributed by atoms with Crippen LogP contribution in [0.3, 0.4) is 0 Å². The summed E-state index contributed by atoms with van der Waals surface area (Å²) in [6, 6.07) is 6.27. The summed E-state index contributed by atoms with van der Waals surface area (Å²) in [5, 5.41) is 6.43. The summed E-state index contributed by atoms with van der Waals surface area (Å²) in [6.45, 7) is 5.77. The Hall–Kier alpha value is -1.11. The van der Waals surface area contributed by atoms with E-state index in [4.69, 9.17) is 4.74 Å². The molecule has 2 heterocycles. The van der Waals surface area contributed by atoms with Crippen molar-refractivity contribution < 1.29 is 9.53 Å². The number of hydrogen-bond donors (Lipinski definition) is 2. The predicted molar refractivity (Wildman–Crippen MR) is 94.6 cm³/mol. The fraction of sp³-hybridized carbons (Fsp3) is 0.588. The molecule has 1 amide bonds.